The van der Waals surface area contributed by atoms with Crippen LogP contribution in [-0.4, -0.2) is 5.21 Å². The number of fused-ring (bicyclic) bond motifs is 3. The molecule has 0 aliphatic carbocycles. The molecule has 3 aromatic carbocycles. The highest BCUT2D eigenvalue weighted by Gasteiger charge is 2.02. The van der Waals surface area contributed by atoms with Crippen molar-refractivity contribution in [2.24, 2.45) is 0 Å². The molecule has 2 N–H and O–H groups in total. The second-order valence-electron chi connectivity index (χ2n) is 3.80. The van der Waals surface area contributed by atoms with Crippen LogP contribution < -0.4 is 5.48 Å². The minimum Gasteiger partial charge on any atom is -0.291 e. The molecule has 0 spiro atoms. The predicted octanol–water partition coefficient (Wildman–Crippen LogP) is 3.79. The van der Waals surface area contributed by atoms with E-state index in [-0.39, 0.29) is 0 Å². The van der Waals surface area contributed by atoms with E-state index >= 15 is 0 Å². The van der Waals surface area contributed by atoms with Crippen molar-refractivity contribution in [3.8, 4) is 0 Å². The van der Waals surface area contributed by atoms with Gasteiger partial charge in [0.2, 0.25) is 0 Å². The predicted molar refractivity (Wildman–Crippen MR) is 66.9 cm³/mol. The van der Waals surface area contributed by atoms with Crippen molar-refractivity contribution >= 4 is 27.2 Å². The van der Waals surface area contributed by atoms with Crippen LogP contribution >= 0.6 is 0 Å². The van der Waals surface area contributed by atoms with E-state index in [2.05, 4.69) is 29.7 Å². The zero-order valence-corrected chi connectivity index (χ0v) is 8.64. The highest BCUT2D eigenvalue weighted by Crippen LogP contribution is 2.29. The number of benzene rings is 3. The molecule has 2 nitrogen and oxygen atoms in total. The van der Waals surface area contributed by atoms with Gasteiger partial charge in [-0.05, 0) is 22.2 Å². The average Bonchev–Trinajstić information content (AvgIpc) is 2.37. The largest absolute Gasteiger partial charge is 0.291 e. The number of hydrogen-bond donors (Lipinski definition) is 2. The third kappa shape index (κ3) is 1.24. The Hall–Kier alpha value is -2.06. The second-order valence-corrected chi connectivity index (χ2v) is 3.80. The standard InChI is InChI=1S/C14H11NO/c16-15-14-7-3-6-12-11-5-2-1-4-10(11)8-9-13(12)14/h1-9,15-16H. The van der Waals surface area contributed by atoms with Crippen LogP contribution in [-0.2, 0) is 0 Å². The Bertz CT molecular complexity index is 661. The normalized spacial score (nSPS) is 10.8. The molecular weight excluding hydrogens is 198 g/mol. The fourth-order valence-electron chi connectivity index (χ4n) is 2.14. The van der Waals surface area contributed by atoms with Crippen LogP contribution in [0.5, 0.6) is 0 Å². The molecule has 0 radical (unpaired) electrons. The summed E-state index contributed by atoms with van der Waals surface area (Å²) in [7, 11) is 0. The number of nitrogens with one attached hydrogen (secondary N) is 1. The van der Waals surface area contributed by atoms with Crippen molar-refractivity contribution in [3.05, 3.63) is 54.6 Å². The molecule has 0 heterocycles. The summed E-state index contributed by atoms with van der Waals surface area (Å²) in [6.07, 6.45) is 0. The van der Waals surface area contributed by atoms with Gasteiger partial charge in [-0.3, -0.25) is 10.7 Å². The monoisotopic (exact) mass is 209 g/mol. The third-order valence-corrected chi connectivity index (χ3v) is 2.91. The molecule has 0 saturated carbocycles. The Morgan fingerprint density at radius 2 is 1.50 bits per heavy atom. The van der Waals surface area contributed by atoms with Crippen molar-refractivity contribution in [2.75, 3.05) is 5.48 Å². The Morgan fingerprint density at radius 3 is 2.38 bits per heavy atom. The maximum atomic E-state index is 9.06. The molecule has 0 unspecified atom stereocenters. The van der Waals surface area contributed by atoms with E-state index in [1.54, 1.807) is 0 Å². The molecule has 0 amide bonds. The first kappa shape index (κ1) is 9.19. The lowest BCUT2D eigenvalue weighted by Crippen LogP contribution is -1.90. The minimum atomic E-state index is 0.739. The van der Waals surface area contributed by atoms with E-state index < -0.39 is 0 Å². The second kappa shape index (κ2) is 3.51. The van der Waals surface area contributed by atoms with Crippen LogP contribution in [0.25, 0.3) is 21.5 Å². The quantitative estimate of drug-likeness (QED) is 0.472. The van der Waals surface area contributed by atoms with Crippen molar-refractivity contribution in [3.63, 3.8) is 0 Å². The molecule has 0 fully saturated rings. The molecule has 3 aromatic rings. The van der Waals surface area contributed by atoms with Crippen molar-refractivity contribution < 1.29 is 5.21 Å². The first-order valence-corrected chi connectivity index (χ1v) is 5.21. The van der Waals surface area contributed by atoms with Crippen LogP contribution in [0, 0.1) is 0 Å². The average molecular weight is 209 g/mol. The molecule has 0 atom stereocenters. The Labute approximate surface area is 93.1 Å². The molecule has 0 aliphatic heterocycles. The fourth-order valence-corrected chi connectivity index (χ4v) is 2.14. The number of rotatable bonds is 1. The van der Waals surface area contributed by atoms with Gasteiger partial charge in [0, 0.05) is 5.39 Å². The van der Waals surface area contributed by atoms with Crippen LogP contribution in [0.3, 0.4) is 0 Å². The Morgan fingerprint density at radius 1 is 0.688 bits per heavy atom. The van der Waals surface area contributed by atoms with E-state index in [1.807, 2.05) is 30.3 Å². The van der Waals surface area contributed by atoms with E-state index in [0.29, 0.717) is 0 Å². The van der Waals surface area contributed by atoms with Crippen LogP contribution in [0.2, 0.25) is 0 Å². The first-order valence-electron chi connectivity index (χ1n) is 5.21. The zero-order chi connectivity index (χ0) is 11.0. The van der Waals surface area contributed by atoms with Crippen LogP contribution in [0.1, 0.15) is 0 Å². The third-order valence-electron chi connectivity index (χ3n) is 2.91. The molecule has 2 heteroatoms. The zero-order valence-electron chi connectivity index (χ0n) is 8.64. The molecule has 0 aliphatic rings. The minimum absolute atomic E-state index is 0.739. The molecule has 0 saturated heterocycles. The topological polar surface area (TPSA) is 32.3 Å². The van der Waals surface area contributed by atoms with Gasteiger partial charge in [-0.25, -0.2) is 0 Å². The highest BCUT2D eigenvalue weighted by molar-refractivity contribution is 6.11. The smallest absolute Gasteiger partial charge is 0.0680 e. The summed E-state index contributed by atoms with van der Waals surface area (Å²) >= 11 is 0. The summed E-state index contributed by atoms with van der Waals surface area (Å²) in [6.45, 7) is 0. The van der Waals surface area contributed by atoms with E-state index in [9.17, 15) is 0 Å². The van der Waals surface area contributed by atoms with Gasteiger partial charge in [-0.1, -0.05) is 48.5 Å². The molecule has 0 bridgehead atoms. The van der Waals surface area contributed by atoms with Crippen molar-refractivity contribution in [2.45, 2.75) is 0 Å². The molecular formula is C14H11NO. The summed E-state index contributed by atoms with van der Waals surface area (Å²) in [5.74, 6) is 0. The van der Waals surface area contributed by atoms with Gasteiger partial charge in [-0.15, -0.1) is 0 Å². The van der Waals surface area contributed by atoms with Gasteiger partial charge in [0.1, 0.15) is 0 Å². The first-order chi connectivity index (χ1) is 7.90. The molecule has 78 valence electrons. The summed E-state index contributed by atoms with van der Waals surface area (Å²) in [6, 6.07) is 18.2. The van der Waals surface area contributed by atoms with Crippen molar-refractivity contribution in [1.82, 2.24) is 0 Å². The van der Waals surface area contributed by atoms with E-state index in [4.69, 9.17) is 5.21 Å². The van der Waals surface area contributed by atoms with E-state index in [1.165, 1.54) is 10.8 Å². The fraction of sp³-hybridized carbons (Fsp3) is 0. The Kier molecular flexibility index (Phi) is 2.01. The van der Waals surface area contributed by atoms with Crippen LogP contribution in [0.4, 0.5) is 5.69 Å². The van der Waals surface area contributed by atoms with Gasteiger partial charge in [0.25, 0.3) is 0 Å². The number of anilines is 1. The SMILES string of the molecule is ONc1cccc2c1ccc1ccccc12. The lowest BCUT2D eigenvalue weighted by atomic mass is 10.0. The van der Waals surface area contributed by atoms with Gasteiger partial charge >= 0.3 is 0 Å². The van der Waals surface area contributed by atoms with E-state index in [0.717, 1.165) is 16.5 Å². The van der Waals surface area contributed by atoms with Gasteiger partial charge < -0.3 is 0 Å². The maximum absolute atomic E-state index is 9.06. The Balaban J connectivity index is 2.52. The van der Waals surface area contributed by atoms with Gasteiger partial charge in [0.15, 0.2) is 0 Å². The lowest BCUT2D eigenvalue weighted by Gasteiger charge is -2.07. The van der Waals surface area contributed by atoms with Crippen LogP contribution in [0.15, 0.2) is 54.6 Å². The van der Waals surface area contributed by atoms with Crippen molar-refractivity contribution in [1.29, 1.82) is 0 Å². The molecule has 16 heavy (non-hydrogen) atoms. The van der Waals surface area contributed by atoms with Gasteiger partial charge in [-0.2, -0.15) is 0 Å². The number of hydrogen-bond acceptors (Lipinski definition) is 2. The lowest BCUT2D eigenvalue weighted by molar-refractivity contribution is 0.390. The summed E-state index contributed by atoms with van der Waals surface area (Å²) in [5, 5.41) is 13.7. The summed E-state index contributed by atoms with van der Waals surface area (Å²) in [4.78, 5) is 0. The molecule has 0 aromatic heterocycles. The summed E-state index contributed by atoms with van der Waals surface area (Å²) in [5.41, 5.74) is 2.97. The molecule has 3 rings (SSSR count). The summed E-state index contributed by atoms with van der Waals surface area (Å²) < 4.78 is 0. The maximum Gasteiger partial charge on any atom is 0.0680 e. The van der Waals surface area contributed by atoms with Gasteiger partial charge in [0.05, 0.1) is 5.69 Å². The highest BCUT2D eigenvalue weighted by atomic mass is 16.5.